The van der Waals surface area contributed by atoms with Crippen LogP contribution in [0.4, 0.5) is 0 Å². The molecular formula is C16H15BrClNO. The monoisotopic (exact) mass is 351 g/mol. The summed E-state index contributed by atoms with van der Waals surface area (Å²) in [6.45, 7) is 1.96. The van der Waals surface area contributed by atoms with Crippen LogP contribution < -0.4 is 5.32 Å². The smallest absolute Gasteiger partial charge is 0.224 e. The first kappa shape index (κ1) is 15.1. The second-order valence-corrected chi connectivity index (χ2v) is 6.00. The lowest BCUT2D eigenvalue weighted by Crippen LogP contribution is -2.28. The lowest BCUT2D eigenvalue weighted by molar-refractivity contribution is -0.121. The van der Waals surface area contributed by atoms with Crippen LogP contribution in [0.2, 0.25) is 5.02 Å². The summed E-state index contributed by atoms with van der Waals surface area (Å²) in [4.78, 5) is 12.0. The molecule has 0 heterocycles. The van der Waals surface area contributed by atoms with Crippen LogP contribution in [0.15, 0.2) is 53.0 Å². The van der Waals surface area contributed by atoms with Gasteiger partial charge in [0.15, 0.2) is 0 Å². The maximum Gasteiger partial charge on any atom is 0.224 e. The maximum absolute atomic E-state index is 12.0. The van der Waals surface area contributed by atoms with Gasteiger partial charge in [0.1, 0.15) is 0 Å². The Morgan fingerprint density at radius 2 is 1.75 bits per heavy atom. The molecule has 104 valence electrons. The quantitative estimate of drug-likeness (QED) is 0.861. The summed E-state index contributed by atoms with van der Waals surface area (Å²) >= 11 is 9.23. The summed E-state index contributed by atoms with van der Waals surface area (Å²) in [5.74, 6) is 0.00905. The summed E-state index contributed by atoms with van der Waals surface area (Å²) in [5.41, 5.74) is 2.03. The van der Waals surface area contributed by atoms with Gasteiger partial charge >= 0.3 is 0 Å². The molecule has 0 bridgehead atoms. The molecule has 2 nitrogen and oxygen atoms in total. The molecule has 2 aromatic carbocycles. The van der Waals surface area contributed by atoms with Gasteiger partial charge in [-0.25, -0.2) is 0 Å². The summed E-state index contributed by atoms with van der Waals surface area (Å²) in [5, 5.41) is 3.68. The molecule has 4 heteroatoms. The van der Waals surface area contributed by atoms with Crippen LogP contribution in [-0.2, 0) is 11.2 Å². The highest BCUT2D eigenvalue weighted by Gasteiger charge is 2.10. The van der Waals surface area contributed by atoms with Gasteiger partial charge in [0.25, 0.3) is 0 Å². The largest absolute Gasteiger partial charge is 0.349 e. The third-order valence-corrected chi connectivity index (χ3v) is 3.81. The zero-order chi connectivity index (χ0) is 14.5. The highest BCUT2D eigenvalue weighted by molar-refractivity contribution is 9.10. The van der Waals surface area contributed by atoms with Crippen molar-refractivity contribution in [1.82, 2.24) is 5.32 Å². The molecule has 0 aromatic heterocycles. The highest BCUT2D eigenvalue weighted by Crippen LogP contribution is 2.16. The van der Waals surface area contributed by atoms with E-state index in [9.17, 15) is 4.79 Å². The van der Waals surface area contributed by atoms with Crippen LogP contribution in [0.1, 0.15) is 24.1 Å². The molecule has 1 amide bonds. The minimum absolute atomic E-state index is 0.00905. The summed E-state index contributed by atoms with van der Waals surface area (Å²) in [7, 11) is 0. The van der Waals surface area contributed by atoms with Gasteiger partial charge in [-0.2, -0.15) is 0 Å². The Morgan fingerprint density at radius 3 is 2.35 bits per heavy atom. The van der Waals surface area contributed by atoms with E-state index in [-0.39, 0.29) is 11.9 Å². The van der Waals surface area contributed by atoms with E-state index in [1.807, 2.05) is 55.5 Å². The predicted molar refractivity (Wildman–Crippen MR) is 85.9 cm³/mol. The highest BCUT2D eigenvalue weighted by atomic mass is 79.9. The van der Waals surface area contributed by atoms with Gasteiger partial charge in [-0.3, -0.25) is 4.79 Å². The number of halogens is 2. The van der Waals surface area contributed by atoms with Gasteiger partial charge in [0.2, 0.25) is 5.91 Å². The molecule has 0 radical (unpaired) electrons. The molecule has 0 fully saturated rings. The van der Waals surface area contributed by atoms with Gasteiger partial charge in [0.05, 0.1) is 12.5 Å². The van der Waals surface area contributed by atoms with E-state index in [0.29, 0.717) is 11.4 Å². The topological polar surface area (TPSA) is 29.1 Å². The molecule has 1 atom stereocenters. The number of benzene rings is 2. The van der Waals surface area contributed by atoms with Crippen molar-refractivity contribution in [3.63, 3.8) is 0 Å². The van der Waals surface area contributed by atoms with E-state index in [1.54, 1.807) is 0 Å². The molecule has 2 aromatic rings. The Bertz CT molecular complexity index is 580. The number of rotatable bonds is 4. The Balaban J connectivity index is 1.93. The average Bonchev–Trinajstić information content (AvgIpc) is 2.42. The lowest BCUT2D eigenvalue weighted by atomic mass is 10.1. The fourth-order valence-electron chi connectivity index (χ4n) is 1.91. The van der Waals surface area contributed by atoms with Crippen LogP contribution in [0.3, 0.4) is 0 Å². The van der Waals surface area contributed by atoms with E-state index >= 15 is 0 Å². The number of carbonyl (C=O) groups is 1. The van der Waals surface area contributed by atoms with Crippen LogP contribution in [0.5, 0.6) is 0 Å². The molecule has 20 heavy (non-hydrogen) atoms. The standard InChI is InChI=1S/C16H15BrClNO/c1-11(13-4-8-15(18)9-5-13)19-16(20)10-12-2-6-14(17)7-3-12/h2-9,11H,10H2,1H3,(H,19,20). The first-order valence-corrected chi connectivity index (χ1v) is 7.51. The van der Waals surface area contributed by atoms with Gasteiger partial charge in [-0.05, 0) is 42.3 Å². The van der Waals surface area contributed by atoms with E-state index < -0.39 is 0 Å². The molecule has 0 aliphatic carbocycles. The average molecular weight is 353 g/mol. The molecule has 0 saturated heterocycles. The number of amides is 1. The number of hydrogen-bond acceptors (Lipinski definition) is 1. The first-order chi connectivity index (χ1) is 9.54. The predicted octanol–water partition coefficient (Wildman–Crippen LogP) is 4.52. The zero-order valence-corrected chi connectivity index (χ0v) is 13.4. The molecular weight excluding hydrogens is 338 g/mol. The van der Waals surface area contributed by atoms with E-state index in [1.165, 1.54) is 0 Å². The SMILES string of the molecule is CC(NC(=O)Cc1ccc(Br)cc1)c1ccc(Cl)cc1. The van der Waals surface area contributed by atoms with Crippen molar-refractivity contribution >= 4 is 33.4 Å². The van der Waals surface area contributed by atoms with Gasteiger partial charge < -0.3 is 5.32 Å². The summed E-state index contributed by atoms with van der Waals surface area (Å²) in [6, 6.07) is 15.2. The van der Waals surface area contributed by atoms with Crippen molar-refractivity contribution < 1.29 is 4.79 Å². The van der Waals surface area contributed by atoms with E-state index in [0.717, 1.165) is 15.6 Å². The van der Waals surface area contributed by atoms with Crippen molar-refractivity contribution in [1.29, 1.82) is 0 Å². The van der Waals surface area contributed by atoms with E-state index in [4.69, 9.17) is 11.6 Å². The van der Waals surface area contributed by atoms with Crippen LogP contribution in [-0.4, -0.2) is 5.91 Å². The lowest BCUT2D eigenvalue weighted by Gasteiger charge is -2.14. The number of carbonyl (C=O) groups excluding carboxylic acids is 1. The van der Waals surface area contributed by atoms with E-state index in [2.05, 4.69) is 21.2 Å². The fraction of sp³-hybridized carbons (Fsp3) is 0.188. The second-order valence-electron chi connectivity index (χ2n) is 4.64. The zero-order valence-electron chi connectivity index (χ0n) is 11.1. The molecule has 2 rings (SSSR count). The Hall–Kier alpha value is -1.32. The molecule has 0 aliphatic rings. The molecule has 0 aliphatic heterocycles. The van der Waals surface area contributed by atoms with Crippen molar-refractivity contribution in [2.75, 3.05) is 0 Å². The minimum atomic E-state index is -0.0322. The molecule has 1 N–H and O–H groups in total. The summed E-state index contributed by atoms with van der Waals surface area (Å²) in [6.07, 6.45) is 0.380. The van der Waals surface area contributed by atoms with Gasteiger partial charge in [-0.15, -0.1) is 0 Å². The molecule has 0 saturated carbocycles. The Kier molecular flexibility index (Phi) is 5.21. The molecule has 1 unspecified atom stereocenters. The molecule has 0 spiro atoms. The maximum atomic E-state index is 12.0. The fourth-order valence-corrected chi connectivity index (χ4v) is 2.31. The minimum Gasteiger partial charge on any atom is -0.349 e. The Morgan fingerprint density at radius 1 is 1.15 bits per heavy atom. The van der Waals surface area contributed by atoms with Crippen LogP contribution in [0, 0.1) is 0 Å². The third-order valence-electron chi connectivity index (χ3n) is 3.03. The van der Waals surface area contributed by atoms with Crippen molar-refractivity contribution in [2.45, 2.75) is 19.4 Å². The van der Waals surface area contributed by atoms with Crippen molar-refractivity contribution in [3.05, 3.63) is 69.2 Å². The summed E-state index contributed by atoms with van der Waals surface area (Å²) < 4.78 is 1.01. The van der Waals surface area contributed by atoms with Crippen molar-refractivity contribution in [3.8, 4) is 0 Å². The number of hydrogen-bond donors (Lipinski definition) is 1. The van der Waals surface area contributed by atoms with Crippen molar-refractivity contribution in [2.24, 2.45) is 0 Å². The Labute approximate surface area is 132 Å². The normalized spacial score (nSPS) is 11.9. The van der Waals surface area contributed by atoms with Crippen LogP contribution >= 0.6 is 27.5 Å². The van der Waals surface area contributed by atoms with Gasteiger partial charge in [0, 0.05) is 9.50 Å². The third kappa shape index (κ3) is 4.36. The second kappa shape index (κ2) is 6.91. The first-order valence-electron chi connectivity index (χ1n) is 6.34. The van der Waals surface area contributed by atoms with Gasteiger partial charge in [-0.1, -0.05) is 51.8 Å². The number of nitrogens with one attached hydrogen (secondary N) is 1. The van der Waals surface area contributed by atoms with Crippen LogP contribution in [0.25, 0.3) is 0 Å².